The Labute approximate surface area is 110 Å². The number of carbonyl (C=O) groups is 1. The molecule has 100 valence electrons. The maximum Gasteiger partial charge on any atom is 0.260 e. The van der Waals surface area contributed by atoms with E-state index in [9.17, 15) is 4.79 Å². The molecule has 0 saturated heterocycles. The third kappa shape index (κ3) is 5.21. The zero-order valence-electron chi connectivity index (χ0n) is 11.7. The lowest BCUT2D eigenvalue weighted by molar-refractivity contribution is -0.127. The van der Waals surface area contributed by atoms with Crippen molar-refractivity contribution in [2.24, 2.45) is 5.92 Å². The van der Waals surface area contributed by atoms with E-state index in [1.165, 1.54) is 5.56 Å². The summed E-state index contributed by atoms with van der Waals surface area (Å²) in [6, 6.07) is 7.71. The van der Waals surface area contributed by atoms with Crippen LogP contribution in [0.15, 0.2) is 24.3 Å². The van der Waals surface area contributed by atoms with E-state index in [0.717, 1.165) is 12.2 Å². The molecule has 0 unspecified atom stereocenters. The zero-order valence-corrected chi connectivity index (χ0v) is 11.7. The maximum absolute atomic E-state index is 11.8. The molecule has 3 heteroatoms. The average molecular weight is 249 g/mol. The molecule has 0 aliphatic carbocycles. The highest BCUT2D eigenvalue weighted by molar-refractivity contribution is 5.80. The Balaban J connectivity index is 2.37. The van der Waals surface area contributed by atoms with Crippen LogP contribution in [0, 0.1) is 12.8 Å². The zero-order chi connectivity index (χ0) is 13.5. The summed E-state index contributed by atoms with van der Waals surface area (Å²) in [5.74, 6) is 1.27. The van der Waals surface area contributed by atoms with Crippen LogP contribution in [-0.4, -0.2) is 18.6 Å². The third-order valence-electron chi connectivity index (χ3n) is 2.72. The first kappa shape index (κ1) is 14.6. The molecule has 1 amide bonds. The quantitative estimate of drug-likeness (QED) is 0.841. The number of ether oxygens (including phenoxy) is 1. The van der Waals surface area contributed by atoms with E-state index < -0.39 is 6.10 Å². The van der Waals surface area contributed by atoms with Crippen molar-refractivity contribution in [3.05, 3.63) is 29.8 Å². The molecule has 0 aromatic heterocycles. The van der Waals surface area contributed by atoms with Gasteiger partial charge in [-0.3, -0.25) is 4.79 Å². The Morgan fingerprint density at radius 3 is 2.39 bits per heavy atom. The number of hydrogen-bond acceptors (Lipinski definition) is 2. The van der Waals surface area contributed by atoms with E-state index in [0.29, 0.717) is 12.5 Å². The van der Waals surface area contributed by atoms with Crippen LogP contribution in [0.5, 0.6) is 5.75 Å². The predicted molar refractivity (Wildman–Crippen MR) is 73.7 cm³/mol. The highest BCUT2D eigenvalue weighted by Gasteiger charge is 2.13. The minimum absolute atomic E-state index is 0.0591. The summed E-state index contributed by atoms with van der Waals surface area (Å²) in [6.07, 6.45) is 0.531. The molecule has 0 aliphatic rings. The normalized spacial score (nSPS) is 12.3. The number of aryl methyl sites for hydroxylation is 1. The summed E-state index contributed by atoms with van der Waals surface area (Å²) in [6.45, 7) is 8.77. The van der Waals surface area contributed by atoms with Crippen molar-refractivity contribution >= 4 is 5.91 Å². The molecule has 1 aromatic carbocycles. The largest absolute Gasteiger partial charge is 0.481 e. The van der Waals surface area contributed by atoms with Crippen molar-refractivity contribution < 1.29 is 9.53 Å². The molecule has 0 saturated carbocycles. The van der Waals surface area contributed by atoms with Gasteiger partial charge in [-0.15, -0.1) is 0 Å². The lowest BCUT2D eigenvalue weighted by Gasteiger charge is -2.15. The molecular formula is C15H23NO2. The molecule has 0 fully saturated rings. The van der Waals surface area contributed by atoms with Crippen molar-refractivity contribution in [2.75, 3.05) is 6.54 Å². The molecule has 0 bridgehead atoms. The van der Waals surface area contributed by atoms with Gasteiger partial charge in [0.2, 0.25) is 0 Å². The van der Waals surface area contributed by atoms with Crippen LogP contribution in [0.2, 0.25) is 0 Å². The van der Waals surface area contributed by atoms with Crippen LogP contribution >= 0.6 is 0 Å². The molecule has 0 spiro atoms. The summed E-state index contributed by atoms with van der Waals surface area (Å²) in [4.78, 5) is 11.8. The lowest BCUT2D eigenvalue weighted by Crippen LogP contribution is -2.37. The number of rotatable bonds is 6. The van der Waals surface area contributed by atoms with Crippen LogP contribution < -0.4 is 10.1 Å². The van der Waals surface area contributed by atoms with Gasteiger partial charge in [0.1, 0.15) is 5.75 Å². The van der Waals surface area contributed by atoms with Gasteiger partial charge in [0, 0.05) is 6.54 Å². The molecule has 0 heterocycles. The van der Waals surface area contributed by atoms with Gasteiger partial charge in [0.05, 0.1) is 0 Å². The number of hydrogen-bond donors (Lipinski definition) is 1. The van der Waals surface area contributed by atoms with Crippen LogP contribution in [0.3, 0.4) is 0 Å². The van der Waals surface area contributed by atoms with Gasteiger partial charge < -0.3 is 10.1 Å². The van der Waals surface area contributed by atoms with Gasteiger partial charge >= 0.3 is 0 Å². The van der Waals surface area contributed by atoms with Gasteiger partial charge in [0.25, 0.3) is 5.91 Å². The van der Waals surface area contributed by atoms with E-state index in [2.05, 4.69) is 19.2 Å². The fourth-order valence-electron chi connectivity index (χ4n) is 1.50. The average Bonchev–Trinajstić information content (AvgIpc) is 2.31. The lowest BCUT2D eigenvalue weighted by atomic mass is 10.1. The smallest absolute Gasteiger partial charge is 0.260 e. The Morgan fingerprint density at radius 2 is 1.83 bits per heavy atom. The first-order chi connectivity index (χ1) is 8.49. The number of nitrogens with one attached hydrogen (secondary N) is 1. The highest BCUT2D eigenvalue weighted by atomic mass is 16.5. The first-order valence-electron chi connectivity index (χ1n) is 6.50. The topological polar surface area (TPSA) is 38.3 Å². The summed E-state index contributed by atoms with van der Waals surface area (Å²) in [5.41, 5.74) is 1.18. The molecule has 1 aromatic rings. The second kappa shape index (κ2) is 7.04. The second-order valence-corrected chi connectivity index (χ2v) is 5.05. The fourth-order valence-corrected chi connectivity index (χ4v) is 1.50. The van der Waals surface area contributed by atoms with Crippen LogP contribution in [0.1, 0.15) is 32.8 Å². The molecular weight excluding hydrogens is 226 g/mol. The highest BCUT2D eigenvalue weighted by Crippen LogP contribution is 2.13. The minimum Gasteiger partial charge on any atom is -0.481 e. The summed E-state index contributed by atoms with van der Waals surface area (Å²) < 4.78 is 5.58. The minimum atomic E-state index is -0.458. The van der Waals surface area contributed by atoms with E-state index >= 15 is 0 Å². The van der Waals surface area contributed by atoms with Crippen LogP contribution in [-0.2, 0) is 4.79 Å². The molecule has 18 heavy (non-hydrogen) atoms. The Kier molecular flexibility index (Phi) is 5.69. The first-order valence-corrected chi connectivity index (χ1v) is 6.50. The van der Waals surface area contributed by atoms with E-state index in [4.69, 9.17) is 4.74 Å². The molecule has 0 aliphatic heterocycles. The molecule has 3 nitrogen and oxygen atoms in total. The van der Waals surface area contributed by atoms with Crippen molar-refractivity contribution in [1.29, 1.82) is 0 Å². The van der Waals surface area contributed by atoms with Crippen LogP contribution in [0.25, 0.3) is 0 Å². The van der Waals surface area contributed by atoms with E-state index in [1.54, 1.807) is 6.92 Å². The summed E-state index contributed by atoms with van der Waals surface area (Å²) in [7, 11) is 0. The summed E-state index contributed by atoms with van der Waals surface area (Å²) >= 11 is 0. The summed E-state index contributed by atoms with van der Waals surface area (Å²) in [5, 5.41) is 2.88. The predicted octanol–water partition coefficient (Wildman–Crippen LogP) is 2.92. The fraction of sp³-hybridized carbons (Fsp3) is 0.533. The van der Waals surface area contributed by atoms with Crippen molar-refractivity contribution in [3.63, 3.8) is 0 Å². The maximum atomic E-state index is 11.8. The Morgan fingerprint density at radius 1 is 1.22 bits per heavy atom. The van der Waals surface area contributed by atoms with E-state index in [-0.39, 0.29) is 5.91 Å². The number of benzene rings is 1. The SMILES string of the molecule is Cc1ccc(O[C@@H](C)C(=O)NCCC(C)C)cc1. The van der Waals surface area contributed by atoms with Gasteiger partial charge in [-0.05, 0) is 38.3 Å². The molecule has 1 rings (SSSR count). The molecule has 1 atom stereocenters. The Bertz CT molecular complexity index is 371. The monoisotopic (exact) mass is 249 g/mol. The Hall–Kier alpha value is -1.51. The van der Waals surface area contributed by atoms with Gasteiger partial charge in [-0.25, -0.2) is 0 Å². The van der Waals surface area contributed by atoms with Gasteiger partial charge in [-0.2, -0.15) is 0 Å². The standard InChI is InChI=1S/C15H23NO2/c1-11(2)9-10-16-15(17)13(4)18-14-7-5-12(3)6-8-14/h5-8,11,13H,9-10H2,1-4H3,(H,16,17)/t13-/m0/s1. The van der Waals surface area contributed by atoms with Gasteiger partial charge in [0.15, 0.2) is 6.10 Å². The second-order valence-electron chi connectivity index (χ2n) is 5.05. The molecule has 0 radical (unpaired) electrons. The van der Waals surface area contributed by atoms with Gasteiger partial charge in [-0.1, -0.05) is 31.5 Å². The van der Waals surface area contributed by atoms with Crippen molar-refractivity contribution in [1.82, 2.24) is 5.32 Å². The third-order valence-corrected chi connectivity index (χ3v) is 2.72. The van der Waals surface area contributed by atoms with Crippen molar-refractivity contribution in [2.45, 2.75) is 40.2 Å². The van der Waals surface area contributed by atoms with Crippen molar-refractivity contribution in [3.8, 4) is 5.75 Å². The van der Waals surface area contributed by atoms with Crippen LogP contribution in [0.4, 0.5) is 0 Å². The number of amides is 1. The number of carbonyl (C=O) groups excluding carboxylic acids is 1. The van der Waals surface area contributed by atoms with E-state index in [1.807, 2.05) is 31.2 Å². The molecule has 1 N–H and O–H groups in total.